The number of rotatable bonds is 5. The first kappa shape index (κ1) is 13.7. The molecule has 100 valence electrons. The monoisotopic (exact) mass is 278 g/mol. The van der Waals surface area contributed by atoms with Crippen molar-refractivity contribution in [3.63, 3.8) is 0 Å². The van der Waals surface area contributed by atoms with Gasteiger partial charge in [-0.2, -0.15) is 4.98 Å². The Morgan fingerprint density at radius 3 is 2.79 bits per heavy atom. The molecule has 0 spiro atoms. The molecule has 1 aromatic heterocycles. The van der Waals surface area contributed by atoms with E-state index in [1.165, 1.54) is 0 Å². The zero-order valence-corrected chi connectivity index (χ0v) is 11.6. The normalized spacial score (nSPS) is 10.9. The molecule has 0 bridgehead atoms. The molecule has 1 heterocycles. The molecule has 0 radical (unpaired) electrons. The lowest BCUT2D eigenvalue weighted by molar-refractivity contribution is -0.121. The van der Waals surface area contributed by atoms with Crippen molar-refractivity contribution in [3.05, 3.63) is 46.6 Å². The Hall–Kier alpha value is -1.68. The Morgan fingerprint density at radius 2 is 2.11 bits per heavy atom. The molecular weight excluding hydrogens is 264 g/mol. The molecule has 0 aliphatic rings. The predicted molar refractivity (Wildman–Crippen MR) is 72.1 cm³/mol. The zero-order valence-electron chi connectivity index (χ0n) is 10.9. The highest BCUT2D eigenvalue weighted by Crippen LogP contribution is 2.17. The van der Waals surface area contributed by atoms with Crippen LogP contribution in [0.1, 0.15) is 31.1 Å². The fourth-order valence-corrected chi connectivity index (χ4v) is 1.80. The van der Waals surface area contributed by atoms with E-state index in [9.17, 15) is 4.79 Å². The van der Waals surface area contributed by atoms with Gasteiger partial charge in [0.1, 0.15) is 5.78 Å². The van der Waals surface area contributed by atoms with Crippen LogP contribution in [-0.2, 0) is 17.6 Å². The maximum atomic E-state index is 11.6. The standard InChI is InChI=1S/C14H15ClN2O2/c1-9(2)12(18)8-14-16-13(17-19-14)7-10-5-3-4-6-11(10)15/h3-6,9H,7-8H2,1-2H3. The molecule has 19 heavy (non-hydrogen) atoms. The number of nitrogens with zero attached hydrogens (tertiary/aromatic N) is 2. The van der Waals surface area contributed by atoms with Crippen LogP contribution in [0.2, 0.25) is 5.02 Å². The first-order valence-electron chi connectivity index (χ1n) is 6.14. The van der Waals surface area contributed by atoms with Crippen molar-refractivity contribution in [1.29, 1.82) is 0 Å². The van der Waals surface area contributed by atoms with Gasteiger partial charge in [0.2, 0.25) is 5.89 Å². The SMILES string of the molecule is CC(C)C(=O)Cc1nc(Cc2ccccc2Cl)no1. The highest BCUT2D eigenvalue weighted by atomic mass is 35.5. The van der Waals surface area contributed by atoms with Crippen molar-refractivity contribution in [2.75, 3.05) is 0 Å². The zero-order chi connectivity index (χ0) is 13.8. The summed E-state index contributed by atoms with van der Waals surface area (Å²) in [4.78, 5) is 15.8. The Balaban J connectivity index is 2.06. The third-order valence-electron chi connectivity index (χ3n) is 2.79. The molecule has 0 N–H and O–H groups in total. The Morgan fingerprint density at radius 1 is 1.37 bits per heavy atom. The molecular formula is C14H15ClN2O2. The lowest BCUT2D eigenvalue weighted by Crippen LogP contribution is -2.10. The Kier molecular flexibility index (Phi) is 4.32. The van der Waals surface area contributed by atoms with E-state index < -0.39 is 0 Å². The highest BCUT2D eigenvalue weighted by Gasteiger charge is 2.14. The molecule has 1 aromatic carbocycles. The summed E-state index contributed by atoms with van der Waals surface area (Å²) in [6.07, 6.45) is 0.687. The van der Waals surface area contributed by atoms with Gasteiger partial charge in [0.05, 0.1) is 6.42 Å². The Bertz CT molecular complexity index is 578. The van der Waals surface area contributed by atoms with Crippen molar-refractivity contribution < 1.29 is 9.32 Å². The third kappa shape index (κ3) is 3.64. The number of benzene rings is 1. The van der Waals surface area contributed by atoms with Crippen LogP contribution in [0.4, 0.5) is 0 Å². The summed E-state index contributed by atoms with van der Waals surface area (Å²) in [6, 6.07) is 7.51. The van der Waals surface area contributed by atoms with Crippen LogP contribution in [0, 0.1) is 5.92 Å². The molecule has 0 aliphatic heterocycles. The highest BCUT2D eigenvalue weighted by molar-refractivity contribution is 6.31. The summed E-state index contributed by atoms with van der Waals surface area (Å²) in [5.74, 6) is 0.965. The summed E-state index contributed by atoms with van der Waals surface area (Å²) >= 11 is 6.07. The summed E-state index contributed by atoms with van der Waals surface area (Å²) in [6.45, 7) is 3.70. The molecule has 0 saturated carbocycles. The van der Waals surface area contributed by atoms with Gasteiger partial charge in [-0.15, -0.1) is 0 Å². The van der Waals surface area contributed by atoms with Crippen LogP contribution in [0.25, 0.3) is 0 Å². The second-order valence-electron chi connectivity index (χ2n) is 4.67. The van der Waals surface area contributed by atoms with Crippen LogP contribution in [0.15, 0.2) is 28.8 Å². The Labute approximate surface area is 116 Å². The number of halogens is 1. The molecule has 2 aromatic rings. The van der Waals surface area contributed by atoms with Crippen LogP contribution < -0.4 is 0 Å². The van der Waals surface area contributed by atoms with E-state index >= 15 is 0 Å². The van der Waals surface area contributed by atoms with E-state index in [2.05, 4.69) is 10.1 Å². The minimum absolute atomic E-state index is 0.0288. The molecule has 2 rings (SSSR count). The first-order chi connectivity index (χ1) is 9.06. The van der Waals surface area contributed by atoms with Gasteiger partial charge in [0.25, 0.3) is 0 Å². The average Bonchev–Trinajstić information content (AvgIpc) is 2.79. The quantitative estimate of drug-likeness (QED) is 0.843. The molecule has 4 nitrogen and oxygen atoms in total. The largest absolute Gasteiger partial charge is 0.339 e. The van der Waals surface area contributed by atoms with Crippen molar-refractivity contribution in [1.82, 2.24) is 10.1 Å². The van der Waals surface area contributed by atoms with Crippen molar-refractivity contribution in [3.8, 4) is 0 Å². The topological polar surface area (TPSA) is 56.0 Å². The van der Waals surface area contributed by atoms with Gasteiger partial charge < -0.3 is 4.52 Å². The third-order valence-corrected chi connectivity index (χ3v) is 3.15. The summed E-state index contributed by atoms with van der Waals surface area (Å²) in [5.41, 5.74) is 0.937. The molecule has 0 atom stereocenters. The van der Waals surface area contributed by atoms with Crippen LogP contribution in [0.5, 0.6) is 0 Å². The summed E-state index contributed by atoms with van der Waals surface area (Å²) in [5, 5.41) is 4.54. The van der Waals surface area contributed by atoms with Crippen LogP contribution in [-0.4, -0.2) is 15.9 Å². The van der Waals surface area contributed by atoms with Crippen LogP contribution >= 0.6 is 11.6 Å². The van der Waals surface area contributed by atoms with Gasteiger partial charge in [-0.3, -0.25) is 4.79 Å². The maximum Gasteiger partial charge on any atom is 0.234 e. The number of ketones is 1. The number of Topliss-reactive ketones (excluding diaryl/α,β-unsaturated/α-hetero) is 1. The fraction of sp³-hybridized carbons (Fsp3) is 0.357. The lowest BCUT2D eigenvalue weighted by atomic mass is 10.1. The van der Waals surface area contributed by atoms with Gasteiger partial charge in [-0.05, 0) is 11.6 Å². The van der Waals surface area contributed by atoms with E-state index in [-0.39, 0.29) is 18.1 Å². The lowest BCUT2D eigenvalue weighted by Gasteiger charge is -1.99. The number of hydrogen-bond donors (Lipinski definition) is 0. The first-order valence-corrected chi connectivity index (χ1v) is 6.51. The minimum atomic E-state index is -0.0288. The number of carbonyl (C=O) groups is 1. The summed E-state index contributed by atoms with van der Waals surface area (Å²) in [7, 11) is 0. The molecule has 0 fully saturated rings. The predicted octanol–water partition coefficient (Wildman–Crippen LogP) is 3.08. The van der Waals surface area contributed by atoms with E-state index in [4.69, 9.17) is 16.1 Å². The van der Waals surface area contributed by atoms with E-state index in [0.717, 1.165) is 5.56 Å². The maximum absolute atomic E-state index is 11.6. The van der Waals surface area contributed by atoms with E-state index in [0.29, 0.717) is 23.2 Å². The van der Waals surface area contributed by atoms with Gasteiger partial charge in [0, 0.05) is 17.4 Å². The fourth-order valence-electron chi connectivity index (χ4n) is 1.60. The smallest absolute Gasteiger partial charge is 0.234 e. The van der Waals surface area contributed by atoms with Crippen molar-refractivity contribution >= 4 is 17.4 Å². The van der Waals surface area contributed by atoms with Crippen molar-refractivity contribution in [2.24, 2.45) is 5.92 Å². The van der Waals surface area contributed by atoms with Crippen molar-refractivity contribution in [2.45, 2.75) is 26.7 Å². The van der Waals surface area contributed by atoms with Gasteiger partial charge >= 0.3 is 0 Å². The van der Waals surface area contributed by atoms with E-state index in [1.807, 2.05) is 38.1 Å². The molecule has 5 heteroatoms. The molecule has 0 unspecified atom stereocenters. The van der Waals surface area contributed by atoms with Crippen LogP contribution in [0.3, 0.4) is 0 Å². The van der Waals surface area contributed by atoms with E-state index in [1.54, 1.807) is 0 Å². The van der Waals surface area contributed by atoms with Gasteiger partial charge in [0.15, 0.2) is 5.82 Å². The number of hydrogen-bond acceptors (Lipinski definition) is 4. The number of aromatic nitrogens is 2. The minimum Gasteiger partial charge on any atom is -0.339 e. The van der Waals surface area contributed by atoms with Gasteiger partial charge in [-0.1, -0.05) is 48.8 Å². The second-order valence-corrected chi connectivity index (χ2v) is 5.08. The average molecular weight is 279 g/mol. The van der Waals surface area contributed by atoms with Gasteiger partial charge in [-0.25, -0.2) is 0 Å². The second kappa shape index (κ2) is 5.97. The summed E-state index contributed by atoms with van der Waals surface area (Å²) < 4.78 is 5.07. The molecule has 0 aliphatic carbocycles. The molecule has 0 amide bonds. The number of carbonyl (C=O) groups excluding carboxylic acids is 1. The molecule has 0 saturated heterocycles.